The molecule has 1 heterocycles. The molecule has 0 saturated heterocycles. The van der Waals surface area contributed by atoms with Gasteiger partial charge in [-0.1, -0.05) is 23.7 Å². The maximum absolute atomic E-state index is 12.2. The predicted molar refractivity (Wildman–Crippen MR) is 91.6 cm³/mol. The van der Waals surface area contributed by atoms with Crippen LogP contribution in [-0.4, -0.2) is 35.7 Å². The molecule has 3 N–H and O–H groups in total. The van der Waals surface area contributed by atoms with Gasteiger partial charge >= 0.3 is 0 Å². The van der Waals surface area contributed by atoms with Gasteiger partial charge in [-0.15, -0.1) is 11.8 Å². The lowest BCUT2D eigenvalue weighted by atomic mass is 10.3. The number of thioether (sulfide) groups is 1. The molecular weight excluding hydrogens is 322 g/mol. The van der Waals surface area contributed by atoms with Crippen LogP contribution in [0.4, 0.5) is 17.5 Å². The SMILES string of the molecule is CSc1ccccc1NC(=O)CN(C)c1cc(Cl)nc(N)n1. The molecule has 8 heteroatoms. The standard InChI is InChI=1S/C14H16ClN5OS/c1-20(12-7-11(15)18-14(16)19-12)8-13(21)17-9-5-3-4-6-10(9)22-2/h3-7H,8H2,1-2H3,(H,17,21)(H2,16,18,19). The van der Waals surface area contributed by atoms with Crippen molar-refractivity contribution in [2.75, 3.05) is 35.8 Å². The molecule has 0 spiro atoms. The first kappa shape index (κ1) is 16.4. The van der Waals surface area contributed by atoms with Crippen LogP contribution < -0.4 is 16.0 Å². The van der Waals surface area contributed by atoms with E-state index in [-0.39, 0.29) is 23.6 Å². The Morgan fingerprint density at radius 2 is 2.14 bits per heavy atom. The lowest BCUT2D eigenvalue weighted by Gasteiger charge is -2.18. The summed E-state index contributed by atoms with van der Waals surface area (Å²) in [4.78, 5) is 22.7. The molecule has 2 aromatic rings. The monoisotopic (exact) mass is 337 g/mol. The highest BCUT2D eigenvalue weighted by atomic mass is 35.5. The molecule has 1 amide bonds. The predicted octanol–water partition coefficient (Wildman–Crippen LogP) is 2.51. The van der Waals surface area contributed by atoms with Crippen LogP contribution in [0.5, 0.6) is 0 Å². The van der Waals surface area contributed by atoms with E-state index < -0.39 is 0 Å². The van der Waals surface area contributed by atoms with E-state index in [1.807, 2.05) is 30.5 Å². The zero-order valence-electron chi connectivity index (χ0n) is 12.2. The number of anilines is 3. The van der Waals surface area contributed by atoms with Gasteiger partial charge in [0.15, 0.2) is 0 Å². The number of rotatable bonds is 5. The van der Waals surface area contributed by atoms with Gasteiger partial charge in [-0.2, -0.15) is 4.98 Å². The van der Waals surface area contributed by atoms with Gasteiger partial charge in [-0.05, 0) is 18.4 Å². The Morgan fingerprint density at radius 1 is 1.41 bits per heavy atom. The van der Waals surface area contributed by atoms with Crippen LogP contribution in [0.2, 0.25) is 5.15 Å². The summed E-state index contributed by atoms with van der Waals surface area (Å²) in [6, 6.07) is 9.18. The highest BCUT2D eigenvalue weighted by Crippen LogP contribution is 2.24. The molecule has 0 atom stereocenters. The lowest BCUT2D eigenvalue weighted by Crippen LogP contribution is -2.31. The van der Waals surface area contributed by atoms with Crippen LogP contribution in [0.1, 0.15) is 0 Å². The number of amides is 1. The zero-order valence-corrected chi connectivity index (χ0v) is 13.8. The number of nitrogens with zero attached hydrogens (tertiary/aromatic N) is 3. The van der Waals surface area contributed by atoms with Crippen molar-refractivity contribution in [1.29, 1.82) is 0 Å². The second-order valence-electron chi connectivity index (χ2n) is 4.51. The van der Waals surface area contributed by atoms with E-state index in [4.69, 9.17) is 17.3 Å². The van der Waals surface area contributed by atoms with Crippen molar-refractivity contribution in [3.8, 4) is 0 Å². The second-order valence-corrected chi connectivity index (χ2v) is 5.75. The van der Waals surface area contributed by atoms with Gasteiger partial charge in [0.2, 0.25) is 11.9 Å². The molecule has 0 aliphatic heterocycles. The van der Waals surface area contributed by atoms with E-state index >= 15 is 0 Å². The molecule has 0 bridgehead atoms. The fraction of sp³-hybridized carbons (Fsp3) is 0.214. The van der Waals surface area contributed by atoms with Crippen LogP contribution in [-0.2, 0) is 4.79 Å². The molecule has 1 aromatic heterocycles. The first-order valence-electron chi connectivity index (χ1n) is 6.43. The minimum atomic E-state index is -0.155. The van der Waals surface area contributed by atoms with Crippen molar-refractivity contribution in [2.45, 2.75) is 4.90 Å². The van der Waals surface area contributed by atoms with Gasteiger partial charge < -0.3 is 16.0 Å². The number of carbonyl (C=O) groups excluding carboxylic acids is 1. The van der Waals surface area contributed by atoms with Gasteiger partial charge in [-0.25, -0.2) is 4.98 Å². The number of halogens is 1. The Balaban J connectivity index is 2.05. The average molecular weight is 338 g/mol. The summed E-state index contributed by atoms with van der Waals surface area (Å²) in [5, 5.41) is 3.12. The number of para-hydroxylation sites is 1. The smallest absolute Gasteiger partial charge is 0.243 e. The van der Waals surface area contributed by atoms with Crippen LogP contribution in [0.15, 0.2) is 35.2 Å². The minimum Gasteiger partial charge on any atom is -0.368 e. The number of hydrogen-bond acceptors (Lipinski definition) is 6. The van der Waals surface area contributed by atoms with Crippen molar-refractivity contribution in [2.24, 2.45) is 0 Å². The van der Waals surface area contributed by atoms with E-state index in [9.17, 15) is 4.79 Å². The normalized spacial score (nSPS) is 10.3. The molecule has 0 aliphatic carbocycles. The number of aromatic nitrogens is 2. The summed E-state index contributed by atoms with van der Waals surface area (Å²) in [7, 11) is 1.73. The van der Waals surface area contributed by atoms with Crippen molar-refractivity contribution in [3.63, 3.8) is 0 Å². The second kappa shape index (κ2) is 7.33. The number of hydrogen-bond donors (Lipinski definition) is 2. The molecule has 22 heavy (non-hydrogen) atoms. The molecule has 2 rings (SSSR count). The molecule has 1 aromatic carbocycles. The number of nitrogen functional groups attached to an aromatic ring is 1. The Kier molecular flexibility index (Phi) is 5.46. The lowest BCUT2D eigenvalue weighted by molar-refractivity contribution is -0.114. The summed E-state index contributed by atoms with van der Waals surface area (Å²) in [5.74, 6) is 0.408. The maximum Gasteiger partial charge on any atom is 0.243 e. The zero-order chi connectivity index (χ0) is 16.1. The maximum atomic E-state index is 12.2. The highest BCUT2D eigenvalue weighted by Gasteiger charge is 2.12. The fourth-order valence-electron chi connectivity index (χ4n) is 1.85. The third-order valence-corrected chi connectivity index (χ3v) is 3.84. The molecule has 116 valence electrons. The van der Waals surface area contributed by atoms with Crippen molar-refractivity contribution >= 4 is 46.7 Å². The average Bonchev–Trinajstić information content (AvgIpc) is 2.46. The molecule has 6 nitrogen and oxygen atoms in total. The summed E-state index contributed by atoms with van der Waals surface area (Å²) in [5.41, 5.74) is 6.34. The number of carbonyl (C=O) groups is 1. The Bertz CT molecular complexity index is 662. The molecule has 0 radical (unpaired) electrons. The number of likely N-dealkylation sites (N-methyl/N-ethyl adjacent to an activating group) is 1. The number of nitrogens with one attached hydrogen (secondary N) is 1. The van der Waals surface area contributed by atoms with E-state index in [1.54, 1.807) is 29.8 Å². The van der Waals surface area contributed by atoms with Crippen LogP contribution >= 0.6 is 23.4 Å². The van der Waals surface area contributed by atoms with Gasteiger partial charge in [-0.3, -0.25) is 4.79 Å². The van der Waals surface area contributed by atoms with Gasteiger partial charge in [0.25, 0.3) is 0 Å². The quantitative estimate of drug-likeness (QED) is 0.644. The first-order valence-corrected chi connectivity index (χ1v) is 8.04. The van der Waals surface area contributed by atoms with E-state index in [0.717, 1.165) is 10.6 Å². The van der Waals surface area contributed by atoms with Crippen LogP contribution in [0.3, 0.4) is 0 Å². The molecule has 0 fully saturated rings. The highest BCUT2D eigenvalue weighted by molar-refractivity contribution is 7.98. The van der Waals surface area contributed by atoms with Crippen LogP contribution in [0, 0.1) is 0 Å². The Hall–Kier alpha value is -1.99. The third-order valence-electron chi connectivity index (χ3n) is 2.85. The van der Waals surface area contributed by atoms with E-state index in [1.165, 1.54) is 0 Å². The summed E-state index contributed by atoms with van der Waals surface area (Å²) >= 11 is 7.41. The van der Waals surface area contributed by atoms with Gasteiger partial charge in [0.05, 0.1) is 12.2 Å². The summed E-state index contributed by atoms with van der Waals surface area (Å²) in [6.45, 7) is 0.121. The number of benzene rings is 1. The molecule has 0 unspecified atom stereocenters. The molecule has 0 aliphatic rings. The largest absolute Gasteiger partial charge is 0.368 e. The van der Waals surface area contributed by atoms with Gasteiger partial charge in [0, 0.05) is 18.0 Å². The van der Waals surface area contributed by atoms with Crippen molar-refractivity contribution in [1.82, 2.24) is 9.97 Å². The van der Waals surface area contributed by atoms with Crippen molar-refractivity contribution < 1.29 is 4.79 Å². The van der Waals surface area contributed by atoms with Gasteiger partial charge in [0.1, 0.15) is 11.0 Å². The topological polar surface area (TPSA) is 84.1 Å². The third kappa shape index (κ3) is 4.25. The first-order chi connectivity index (χ1) is 10.5. The fourth-order valence-corrected chi connectivity index (χ4v) is 2.59. The van der Waals surface area contributed by atoms with E-state index in [2.05, 4.69) is 15.3 Å². The Morgan fingerprint density at radius 3 is 2.82 bits per heavy atom. The van der Waals surface area contributed by atoms with Crippen molar-refractivity contribution in [3.05, 3.63) is 35.5 Å². The van der Waals surface area contributed by atoms with Crippen LogP contribution in [0.25, 0.3) is 0 Å². The number of nitrogens with two attached hydrogens (primary N) is 1. The minimum absolute atomic E-state index is 0.0717. The molecule has 0 saturated carbocycles. The van der Waals surface area contributed by atoms with E-state index in [0.29, 0.717) is 5.82 Å². The molecular formula is C14H16ClN5OS. The summed E-state index contributed by atoms with van der Waals surface area (Å²) in [6.07, 6.45) is 1.96. The Labute approximate surface area is 138 Å². The summed E-state index contributed by atoms with van der Waals surface area (Å²) < 4.78 is 0.